The summed E-state index contributed by atoms with van der Waals surface area (Å²) >= 11 is 0. The van der Waals surface area contributed by atoms with Crippen molar-refractivity contribution in [1.82, 2.24) is 0 Å². The lowest BCUT2D eigenvalue weighted by Crippen LogP contribution is -2.36. The van der Waals surface area contributed by atoms with E-state index < -0.39 is 18.0 Å². The van der Waals surface area contributed by atoms with E-state index in [0.717, 1.165) is 6.42 Å². The number of ether oxygens (including phenoxy) is 1. The van der Waals surface area contributed by atoms with E-state index in [1.54, 1.807) is 6.92 Å². The third-order valence-electron chi connectivity index (χ3n) is 3.74. The third-order valence-corrected chi connectivity index (χ3v) is 3.74. The minimum atomic E-state index is -2.96. The first kappa shape index (κ1) is 17.2. The quantitative estimate of drug-likeness (QED) is 0.716. The average Bonchev–Trinajstić information content (AvgIpc) is 2.42. The molecule has 0 amide bonds. The Balaban J connectivity index is 3.31. The van der Waals surface area contributed by atoms with Crippen LogP contribution in [0.4, 0.5) is 14.5 Å². The lowest BCUT2D eigenvalue weighted by atomic mass is 9.73. The van der Waals surface area contributed by atoms with Gasteiger partial charge in [-0.1, -0.05) is 26.7 Å². The molecule has 0 aliphatic heterocycles. The molecule has 118 valence electrons. The van der Waals surface area contributed by atoms with Crippen molar-refractivity contribution >= 4 is 11.7 Å². The van der Waals surface area contributed by atoms with Gasteiger partial charge in [0.15, 0.2) is 0 Å². The molecular formula is C15H21F2NO3. The number of carbonyl (C=O) groups is 1. The predicted molar refractivity (Wildman–Crippen MR) is 76.6 cm³/mol. The van der Waals surface area contributed by atoms with Crippen molar-refractivity contribution < 1.29 is 23.4 Å². The van der Waals surface area contributed by atoms with E-state index in [9.17, 15) is 18.7 Å². The Morgan fingerprint density at radius 3 is 2.57 bits per heavy atom. The lowest BCUT2D eigenvalue weighted by Gasteiger charge is -2.30. The van der Waals surface area contributed by atoms with Crippen LogP contribution < -0.4 is 10.5 Å². The highest BCUT2D eigenvalue weighted by molar-refractivity contribution is 5.84. The number of rotatable bonds is 8. The molecule has 21 heavy (non-hydrogen) atoms. The molecule has 0 aromatic heterocycles. The fraction of sp³-hybridized carbons (Fsp3) is 0.533. The summed E-state index contributed by atoms with van der Waals surface area (Å²) in [6, 6.07) is 4.04. The zero-order chi connectivity index (χ0) is 16.0. The van der Waals surface area contributed by atoms with Gasteiger partial charge < -0.3 is 15.6 Å². The Labute approximate surface area is 122 Å². The summed E-state index contributed by atoms with van der Waals surface area (Å²) in [4.78, 5) is 11.8. The number of hydrogen-bond acceptors (Lipinski definition) is 3. The van der Waals surface area contributed by atoms with E-state index in [0.29, 0.717) is 24.8 Å². The van der Waals surface area contributed by atoms with Crippen LogP contribution in [-0.2, 0) is 10.2 Å². The van der Waals surface area contributed by atoms with Crippen LogP contribution in [0.5, 0.6) is 5.75 Å². The molecule has 4 nitrogen and oxygen atoms in total. The van der Waals surface area contributed by atoms with Crippen LogP contribution >= 0.6 is 0 Å². The number of aliphatic carboxylic acids is 1. The molecule has 1 atom stereocenters. The van der Waals surface area contributed by atoms with E-state index in [2.05, 4.69) is 4.74 Å². The topological polar surface area (TPSA) is 72.5 Å². The third kappa shape index (κ3) is 3.83. The van der Waals surface area contributed by atoms with E-state index in [1.165, 1.54) is 18.2 Å². The summed E-state index contributed by atoms with van der Waals surface area (Å²) in [5.74, 6) is -1.08. The van der Waals surface area contributed by atoms with Crippen molar-refractivity contribution in [2.45, 2.75) is 51.6 Å². The molecule has 0 spiro atoms. The van der Waals surface area contributed by atoms with Crippen molar-refractivity contribution in [3.05, 3.63) is 23.8 Å². The molecule has 3 N–H and O–H groups in total. The molecule has 0 radical (unpaired) electrons. The number of unbranched alkanes of at least 4 members (excludes halogenated alkanes) is 1. The first-order valence-corrected chi connectivity index (χ1v) is 6.95. The van der Waals surface area contributed by atoms with E-state index in [1.807, 2.05) is 6.92 Å². The lowest BCUT2D eigenvalue weighted by molar-refractivity contribution is -0.144. The number of benzene rings is 1. The van der Waals surface area contributed by atoms with E-state index in [4.69, 9.17) is 5.73 Å². The van der Waals surface area contributed by atoms with Gasteiger partial charge in [-0.05, 0) is 36.6 Å². The second kappa shape index (κ2) is 7.24. The molecule has 0 saturated carbocycles. The van der Waals surface area contributed by atoms with Crippen LogP contribution in [0.1, 0.15) is 45.1 Å². The fourth-order valence-corrected chi connectivity index (χ4v) is 2.48. The van der Waals surface area contributed by atoms with Crippen LogP contribution in [0.15, 0.2) is 18.2 Å². The summed E-state index contributed by atoms with van der Waals surface area (Å²) in [5, 5.41) is 9.66. The fourth-order valence-electron chi connectivity index (χ4n) is 2.48. The van der Waals surface area contributed by atoms with Crippen LogP contribution in [0.3, 0.4) is 0 Å². The smallest absolute Gasteiger partial charge is 0.387 e. The molecule has 0 fully saturated rings. The number of carboxylic acid groups (broad SMARTS) is 1. The first-order chi connectivity index (χ1) is 9.87. The maximum absolute atomic E-state index is 12.3. The Morgan fingerprint density at radius 1 is 1.43 bits per heavy atom. The van der Waals surface area contributed by atoms with Gasteiger partial charge in [-0.3, -0.25) is 4.79 Å². The number of alkyl halides is 2. The van der Waals surface area contributed by atoms with Crippen LogP contribution in [-0.4, -0.2) is 17.7 Å². The zero-order valence-corrected chi connectivity index (χ0v) is 12.2. The highest BCUT2D eigenvalue weighted by atomic mass is 19.3. The average molecular weight is 301 g/mol. The summed E-state index contributed by atoms with van der Waals surface area (Å²) in [5.41, 5.74) is 5.32. The molecule has 1 unspecified atom stereocenters. The summed E-state index contributed by atoms with van der Waals surface area (Å²) in [6.07, 6.45) is 2.27. The summed E-state index contributed by atoms with van der Waals surface area (Å²) in [6.45, 7) is 0.754. The van der Waals surface area contributed by atoms with Crippen molar-refractivity contribution in [2.75, 3.05) is 5.73 Å². The number of nitrogens with two attached hydrogens (primary N) is 1. The highest BCUT2D eigenvalue weighted by Gasteiger charge is 2.39. The van der Waals surface area contributed by atoms with E-state index in [-0.39, 0.29) is 11.4 Å². The van der Waals surface area contributed by atoms with Crippen molar-refractivity contribution in [2.24, 2.45) is 0 Å². The minimum absolute atomic E-state index is 0.0789. The molecule has 0 heterocycles. The first-order valence-electron chi connectivity index (χ1n) is 6.95. The second-order valence-electron chi connectivity index (χ2n) is 4.97. The van der Waals surface area contributed by atoms with Gasteiger partial charge >= 0.3 is 12.6 Å². The van der Waals surface area contributed by atoms with Crippen molar-refractivity contribution in [3.8, 4) is 5.75 Å². The Bertz CT molecular complexity index is 494. The number of anilines is 1. The van der Waals surface area contributed by atoms with Crippen LogP contribution in [0.25, 0.3) is 0 Å². The van der Waals surface area contributed by atoms with Gasteiger partial charge in [-0.15, -0.1) is 0 Å². The molecule has 0 bridgehead atoms. The van der Waals surface area contributed by atoms with Gasteiger partial charge in [0.1, 0.15) is 5.75 Å². The van der Waals surface area contributed by atoms with Crippen molar-refractivity contribution in [3.63, 3.8) is 0 Å². The maximum Gasteiger partial charge on any atom is 0.387 e. The SMILES string of the molecule is CCCCC(CC)(C(=O)O)c1cc(OC(F)F)ccc1N. The number of nitrogen functional groups attached to an aromatic ring is 1. The Kier molecular flexibility index (Phi) is 5.93. The van der Waals surface area contributed by atoms with Gasteiger partial charge in [0, 0.05) is 5.69 Å². The molecule has 1 aromatic carbocycles. The van der Waals surface area contributed by atoms with E-state index >= 15 is 0 Å². The predicted octanol–water partition coefficient (Wildman–Crippen LogP) is 3.79. The zero-order valence-electron chi connectivity index (χ0n) is 12.2. The molecule has 0 aliphatic carbocycles. The second-order valence-corrected chi connectivity index (χ2v) is 4.97. The molecule has 0 aliphatic rings. The summed E-state index contributed by atoms with van der Waals surface area (Å²) < 4.78 is 29.0. The van der Waals surface area contributed by atoms with Crippen molar-refractivity contribution in [1.29, 1.82) is 0 Å². The number of carboxylic acids is 1. The minimum Gasteiger partial charge on any atom is -0.481 e. The molecule has 0 saturated heterocycles. The number of hydrogen-bond donors (Lipinski definition) is 2. The number of halogens is 2. The van der Waals surface area contributed by atoms with Gasteiger partial charge in [0.25, 0.3) is 0 Å². The highest BCUT2D eigenvalue weighted by Crippen LogP contribution is 2.39. The van der Waals surface area contributed by atoms with Crippen LogP contribution in [0.2, 0.25) is 0 Å². The largest absolute Gasteiger partial charge is 0.481 e. The van der Waals surface area contributed by atoms with Gasteiger partial charge in [-0.25, -0.2) is 0 Å². The molecule has 1 aromatic rings. The molecule has 6 heteroatoms. The van der Waals surface area contributed by atoms with Gasteiger partial charge in [0.2, 0.25) is 0 Å². The normalized spacial score (nSPS) is 14.0. The monoisotopic (exact) mass is 301 g/mol. The van der Waals surface area contributed by atoms with Crippen LogP contribution in [0, 0.1) is 0 Å². The molecule has 1 rings (SSSR count). The molecular weight excluding hydrogens is 280 g/mol. The maximum atomic E-state index is 12.3. The van der Waals surface area contributed by atoms with Gasteiger partial charge in [0.05, 0.1) is 5.41 Å². The Morgan fingerprint density at radius 2 is 2.10 bits per heavy atom. The standard InChI is InChI=1S/C15H21F2NO3/c1-3-5-8-15(4-2,13(19)20)11-9-10(21-14(16)17)6-7-12(11)18/h6-7,9,14H,3-5,8,18H2,1-2H3,(H,19,20). The Hall–Kier alpha value is -1.85. The summed E-state index contributed by atoms with van der Waals surface area (Å²) in [7, 11) is 0. The van der Waals surface area contributed by atoms with Gasteiger partial charge in [-0.2, -0.15) is 8.78 Å².